The van der Waals surface area contributed by atoms with Crippen LogP contribution < -0.4 is 0 Å². The van der Waals surface area contributed by atoms with E-state index in [2.05, 4.69) is 37.7 Å². The number of pyridine rings is 1. The molecule has 0 radical (unpaired) electrons. The molecule has 0 aliphatic rings. The van der Waals surface area contributed by atoms with E-state index < -0.39 is 0 Å². The summed E-state index contributed by atoms with van der Waals surface area (Å²) >= 11 is 3.56. The molecule has 0 spiro atoms. The van der Waals surface area contributed by atoms with Crippen molar-refractivity contribution in [3.8, 4) is 6.07 Å². The molecule has 0 fully saturated rings. The van der Waals surface area contributed by atoms with E-state index >= 15 is 0 Å². The molecule has 0 atom stereocenters. The lowest BCUT2D eigenvalue weighted by Gasteiger charge is -2.05. The average molecular weight is 312 g/mol. The van der Waals surface area contributed by atoms with Crippen molar-refractivity contribution in [3.05, 3.63) is 64.5 Å². The van der Waals surface area contributed by atoms with Crippen LogP contribution in [0.2, 0.25) is 0 Å². The molecule has 0 N–H and O–H groups in total. The van der Waals surface area contributed by atoms with Gasteiger partial charge in [0.2, 0.25) is 0 Å². The highest BCUT2D eigenvalue weighted by Crippen LogP contribution is 2.25. The summed E-state index contributed by atoms with van der Waals surface area (Å²) in [5, 5.41) is 9.95. The third-order valence-electron chi connectivity index (χ3n) is 3.07. The maximum atomic E-state index is 8.79. The maximum absolute atomic E-state index is 8.79. The van der Waals surface area contributed by atoms with Gasteiger partial charge in [0.05, 0.1) is 23.3 Å². The van der Waals surface area contributed by atoms with Crippen molar-refractivity contribution in [1.29, 1.82) is 5.26 Å². The van der Waals surface area contributed by atoms with Gasteiger partial charge in [-0.05, 0) is 39.7 Å². The molecule has 0 saturated heterocycles. The zero-order valence-electron chi connectivity index (χ0n) is 10.0. The summed E-state index contributed by atoms with van der Waals surface area (Å²) < 4.78 is 3.21. The second-order valence-corrected chi connectivity index (χ2v) is 5.16. The zero-order valence-corrected chi connectivity index (χ0v) is 11.6. The topological polar surface area (TPSA) is 41.6 Å². The lowest BCUT2D eigenvalue weighted by molar-refractivity contribution is 0.833. The first kappa shape index (κ1) is 11.9. The smallest absolute Gasteiger partial charge is 0.0991 e. The fourth-order valence-electron chi connectivity index (χ4n) is 2.11. The minimum absolute atomic E-state index is 0.684. The van der Waals surface area contributed by atoms with Crippen LogP contribution in [0.3, 0.4) is 0 Å². The molecular weight excluding hydrogens is 302 g/mol. The molecule has 3 nitrogen and oxygen atoms in total. The average Bonchev–Trinajstić information content (AvgIpc) is 2.77. The Morgan fingerprint density at radius 3 is 2.74 bits per heavy atom. The standard InChI is InChI=1S/C15H10BrN3/c16-14-10-19(15-8-18-6-5-13(14)15)9-12-3-1-11(7-17)2-4-12/h1-6,8,10H,9H2. The van der Waals surface area contributed by atoms with Gasteiger partial charge in [-0.3, -0.25) is 4.98 Å². The molecule has 2 aromatic heterocycles. The van der Waals surface area contributed by atoms with Crippen LogP contribution in [0.15, 0.2) is 53.4 Å². The predicted molar refractivity (Wildman–Crippen MR) is 77.7 cm³/mol. The quantitative estimate of drug-likeness (QED) is 0.724. The van der Waals surface area contributed by atoms with Gasteiger partial charge in [-0.25, -0.2) is 0 Å². The van der Waals surface area contributed by atoms with E-state index in [9.17, 15) is 0 Å². The molecule has 92 valence electrons. The SMILES string of the molecule is N#Cc1ccc(Cn2cc(Br)c3ccncc32)cc1. The lowest BCUT2D eigenvalue weighted by atomic mass is 10.1. The van der Waals surface area contributed by atoms with E-state index in [0.717, 1.165) is 27.5 Å². The van der Waals surface area contributed by atoms with Gasteiger partial charge >= 0.3 is 0 Å². The number of hydrogen-bond donors (Lipinski definition) is 0. The third-order valence-corrected chi connectivity index (χ3v) is 3.70. The number of fused-ring (bicyclic) bond motifs is 1. The van der Waals surface area contributed by atoms with Crippen LogP contribution in [0.4, 0.5) is 0 Å². The minimum atomic E-state index is 0.684. The maximum Gasteiger partial charge on any atom is 0.0991 e. The van der Waals surface area contributed by atoms with E-state index in [1.54, 1.807) is 6.20 Å². The molecule has 2 heterocycles. The van der Waals surface area contributed by atoms with Gasteiger partial charge in [0.15, 0.2) is 0 Å². The van der Waals surface area contributed by atoms with Crippen molar-refractivity contribution in [2.75, 3.05) is 0 Å². The number of benzene rings is 1. The fourth-order valence-corrected chi connectivity index (χ4v) is 2.69. The Kier molecular flexibility index (Phi) is 3.06. The lowest BCUT2D eigenvalue weighted by Crippen LogP contribution is -1.97. The van der Waals surface area contributed by atoms with Crippen LogP contribution in [0.5, 0.6) is 0 Å². The van der Waals surface area contributed by atoms with Crippen molar-refractivity contribution in [3.63, 3.8) is 0 Å². The van der Waals surface area contributed by atoms with Crippen LogP contribution in [0.25, 0.3) is 10.9 Å². The van der Waals surface area contributed by atoms with Crippen LogP contribution in [-0.4, -0.2) is 9.55 Å². The van der Waals surface area contributed by atoms with Crippen LogP contribution in [0, 0.1) is 11.3 Å². The largest absolute Gasteiger partial charge is 0.341 e. The number of halogens is 1. The second kappa shape index (κ2) is 4.87. The molecule has 0 unspecified atom stereocenters. The zero-order chi connectivity index (χ0) is 13.2. The highest BCUT2D eigenvalue weighted by atomic mass is 79.9. The van der Waals surface area contributed by atoms with Gasteiger partial charge < -0.3 is 4.57 Å². The van der Waals surface area contributed by atoms with Gasteiger partial charge in [0.1, 0.15) is 0 Å². The Balaban J connectivity index is 1.99. The van der Waals surface area contributed by atoms with Crippen molar-refractivity contribution in [1.82, 2.24) is 9.55 Å². The molecule has 0 bridgehead atoms. The van der Waals surface area contributed by atoms with Crippen molar-refractivity contribution in [2.45, 2.75) is 6.54 Å². The summed E-state index contributed by atoms with van der Waals surface area (Å²) in [7, 11) is 0. The van der Waals surface area contributed by atoms with Gasteiger partial charge in [0.25, 0.3) is 0 Å². The number of hydrogen-bond acceptors (Lipinski definition) is 2. The summed E-state index contributed by atoms with van der Waals surface area (Å²) in [6.07, 6.45) is 5.72. The molecule has 3 aromatic rings. The first-order valence-electron chi connectivity index (χ1n) is 5.85. The highest BCUT2D eigenvalue weighted by molar-refractivity contribution is 9.10. The van der Waals surface area contributed by atoms with E-state index in [0.29, 0.717) is 5.56 Å². The van der Waals surface area contributed by atoms with Crippen molar-refractivity contribution >= 4 is 26.8 Å². The third kappa shape index (κ3) is 2.25. The van der Waals surface area contributed by atoms with E-state index in [-0.39, 0.29) is 0 Å². The van der Waals surface area contributed by atoms with Crippen LogP contribution in [0.1, 0.15) is 11.1 Å². The molecule has 0 aliphatic carbocycles. The second-order valence-electron chi connectivity index (χ2n) is 4.31. The van der Waals surface area contributed by atoms with Gasteiger partial charge in [-0.15, -0.1) is 0 Å². The highest BCUT2D eigenvalue weighted by Gasteiger charge is 2.06. The summed E-state index contributed by atoms with van der Waals surface area (Å²) in [6.45, 7) is 0.763. The van der Waals surface area contributed by atoms with Crippen molar-refractivity contribution in [2.24, 2.45) is 0 Å². The molecular formula is C15H10BrN3. The van der Waals surface area contributed by atoms with Gasteiger partial charge in [-0.2, -0.15) is 5.26 Å². The van der Waals surface area contributed by atoms with Crippen molar-refractivity contribution < 1.29 is 0 Å². The number of nitrogens with zero attached hydrogens (tertiary/aromatic N) is 3. The molecule has 0 amide bonds. The molecule has 19 heavy (non-hydrogen) atoms. The Morgan fingerprint density at radius 1 is 1.21 bits per heavy atom. The molecule has 1 aromatic carbocycles. The molecule has 3 rings (SSSR count). The van der Waals surface area contributed by atoms with E-state index in [4.69, 9.17) is 5.26 Å². The molecule has 4 heteroatoms. The summed E-state index contributed by atoms with van der Waals surface area (Å²) in [4.78, 5) is 4.17. The molecule has 0 aliphatic heterocycles. The van der Waals surface area contributed by atoms with Crippen LogP contribution in [-0.2, 0) is 6.54 Å². The predicted octanol–water partition coefficient (Wildman–Crippen LogP) is 3.72. The van der Waals surface area contributed by atoms with Gasteiger partial charge in [-0.1, -0.05) is 12.1 Å². The van der Waals surface area contributed by atoms with E-state index in [1.807, 2.05) is 36.5 Å². The monoisotopic (exact) mass is 311 g/mol. The number of aromatic nitrogens is 2. The molecule has 0 saturated carbocycles. The minimum Gasteiger partial charge on any atom is -0.341 e. The normalized spacial score (nSPS) is 10.5. The summed E-state index contributed by atoms with van der Waals surface area (Å²) in [6, 6.07) is 11.8. The summed E-state index contributed by atoms with van der Waals surface area (Å²) in [5.74, 6) is 0. The van der Waals surface area contributed by atoms with Crippen LogP contribution >= 0.6 is 15.9 Å². The Labute approximate surface area is 119 Å². The van der Waals surface area contributed by atoms with E-state index in [1.165, 1.54) is 0 Å². The number of nitriles is 1. The van der Waals surface area contributed by atoms with Gasteiger partial charge in [0, 0.05) is 28.8 Å². The first-order valence-corrected chi connectivity index (χ1v) is 6.64. The Morgan fingerprint density at radius 2 is 2.00 bits per heavy atom. The number of rotatable bonds is 2. The Bertz CT molecular complexity index is 766. The Hall–Kier alpha value is -2.12. The summed E-state index contributed by atoms with van der Waals surface area (Å²) in [5.41, 5.74) is 2.94. The first-order chi connectivity index (χ1) is 9.28. The fraction of sp³-hybridized carbons (Fsp3) is 0.0667.